The molecule has 1 aromatic carbocycles. The number of nitrogens with one attached hydrogen (secondary N) is 1. The summed E-state index contributed by atoms with van der Waals surface area (Å²) in [6, 6.07) is 12.9. The molecule has 1 amide bonds. The summed E-state index contributed by atoms with van der Waals surface area (Å²) in [5.74, 6) is 0.0842. The second-order valence-corrected chi connectivity index (χ2v) is 8.45. The van der Waals surface area contributed by atoms with Crippen LogP contribution >= 0.6 is 0 Å². The highest BCUT2D eigenvalue weighted by molar-refractivity contribution is 5.92. The van der Waals surface area contributed by atoms with E-state index in [4.69, 9.17) is 0 Å². The van der Waals surface area contributed by atoms with Gasteiger partial charge in [-0.05, 0) is 55.7 Å². The average molecular weight is 367 g/mol. The van der Waals surface area contributed by atoms with E-state index < -0.39 is 0 Å². The zero-order valence-corrected chi connectivity index (χ0v) is 16.2. The van der Waals surface area contributed by atoms with Crippen molar-refractivity contribution in [3.05, 3.63) is 53.9 Å². The average Bonchev–Trinajstić information content (AvgIpc) is 3.35. The second kappa shape index (κ2) is 7.85. The van der Waals surface area contributed by atoms with Crippen LogP contribution in [0.1, 0.15) is 54.7 Å². The molecule has 144 valence electrons. The van der Waals surface area contributed by atoms with Gasteiger partial charge in [0.25, 0.3) is 5.91 Å². The van der Waals surface area contributed by atoms with Crippen LogP contribution in [0.15, 0.2) is 42.6 Å². The number of amides is 1. The molecule has 0 spiro atoms. The summed E-state index contributed by atoms with van der Waals surface area (Å²) in [7, 11) is 0. The highest BCUT2D eigenvalue weighted by Gasteiger charge is 2.36. The van der Waals surface area contributed by atoms with E-state index in [0.29, 0.717) is 11.7 Å². The SMILES string of the molecule is CC1(CCc2ccccc2)CCN(C(=O)c2ccn(C3CCCNC3)n2)C1. The van der Waals surface area contributed by atoms with Crippen molar-refractivity contribution in [1.82, 2.24) is 20.0 Å². The minimum atomic E-state index is 0.0842. The minimum absolute atomic E-state index is 0.0842. The monoisotopic (exact) mass is 366 g/mol. The standard InChI is InChI=1S/C22H30N4O/c1-22(11-9-18-6-3-2-4-7-18)12-15-25(17-22)21(27)20-10-14-26(24-20)19-8-5-13-23-16-19/h2-4,6-7,10,14,19,23H,5,8-9,11-13,15-17H2,1H3. The first-order chi connectivity index (χ1) is 13.1. The number of aryl methyl sites for hydroxylation is 1. The summed E-state index contributed by atoms with van der Waals surface area (Å²) in [4.78, 5) is 14.9. The lowest BCUT2D eigenvalue weighted by Crippen LogP contribution is -2.33. The number of hydrogen-bond donors (Lipinski definition) is 1. The van der Waals surface area contributed by atoms with Crippen LogP contribution in [0.3, 0.4) is 0 Å². The fourth-order valence-electron chi connectivity index (χ4n) is 4.37. The van der Waals surface area contributed by atoms with Crippen LogP contribution in [-0.4, -0.2) is 46.8 Å². The molecule has 2 aromatic rings. The highest BCUT2D eigenvalue weighted by atomic mass is 16.2. The molecule has 0 saturated carbocycles. The number of nitrogens with zero attached hydrogens (tertiary/aromatic N) is 3. The molecule has 27 heavy (non-hydrogen) atoms. The molecule has 2 saturated heterocycles. The van der Waals surface area contributed by atoms with Crippen LogP contribution in [0.25, 0.3) is 0 Å². The maximum absolute atomic E-state index is 12.9. The zero-order chi connectivity index (χ0) is 18.7. The van der Waals surface area contributed by atoms with E-state index >= 15 is 0 Å². The number of likely N-dealkylation sites (tertiary alicyclic amines) is 1. The van der Waals surface area contributed by atoms with Crippen LogP contribution < -0.4 is 5.32 Å². The van der Waals surface area contributed by atoms with Gasteiger partial charge in [0.05, 0.1) is 6.04 Å². The smallest absolute Gasteiger partial charge is 0.274 e. The van der Waals surface area contributed by atoms with Crippen LogP contribution in [0.5, 0.6) is 0 Å². The van der Waals surface area contributed by atoms with Crippen molar-refractivity contribution in [1.29, 1.82) is 0 Å². The molecular weight excluding hydrogens is 336 g/mol. The van der Waals surface area contributed by atoms with E-state index in [9.17, 15) is 4.79 Å². The Hall–Kier alpha value is -2.14. The van der Waals surface area contributed by atoms with E-state index in [0.717, 1.165) is 51.9 Å². The molecule has 1 N–H and O–H groups in total. The lowest BCUT2D eigenvalue weighted by atomic mass is 9.83. The Bertz CT molecular complexity index is 766. The number of rotatable bonds is 5. The Labute approximate surface area is 161 Å². The molecular formula is C22H30N4O. The van der Waals surface area contributed by atoms with Crippen molar-refractivity contribution in [3.63, 3.8) is 0 Å². The van der Waals surface area contributed by atoms with Crippen LogP contribution in [0, 0.1) is 5.41 Å². The molecule has 3 heterocycles. The largest absolute Gasteiger partial charge is 0.337 e. The third kappa shape index (κ3) is 4.24. The van der Waals surface area contributed by atoms with Gasteiger partial charge < -0.3 is 10.2 Å². The zero-order valence-electron chi connectivity index (χ0n) is 16.2. The first-order valence-electron chi connectivity index (χ1n) is 10.2. The molecule has 2 atom stereocenters. The van der Waals surface area contributed by atoms with Crippen molar-refractivity contribution in [2.24, 2.45) is 5.41 Å². The summed E-state index contributed by atoms with van der Waals surface area (Å²) in [5, 5.41) is 8.01. The molecule has 5 heteroatoms. The quantitative estimate of drug-likeness (QED) is 0.883. The van der Waals surface area contributed by atoms with Crippen LogP contribution in [0.4, 0.5) is 0 Å². The molecule has 4 rings (SSSR count). The molecule has 5 nitrogen and oxygen atoms in total. The predicted octanol–water partition coefficient (Wildman–Crippen LogP) is 3.29. The van der Waals surface area contributed by atoms with E-state index in [1.165, 1.54) is 12.0 Å². The number of benzene rings is 1. The number of hydrogen-bond acceptors (Lipinski definition) is 3. The third-order valence-corrected chi connectivity index (χ3v) is 6.18. The summed E-state index contributed by atoms with van der Waals surface area (Å²) in [6.45, 7) is 6.00. The summed E-state index contributed by atoms with van der Waals surface area (Å²) in [6.07, 6.45) is 7.52. The van der Waals surface area contributed by atoms with Crippen molar-refractivity contribution in [2.75, 3.05) is 26.2 Å². The van der Waals surface area contributed by atoms with Crippen molar-refractivity contribution in [2.45, 2.75) is 45.1 Å². The Balaban J connectivity index is 1.35. The predicted molar refractivity (Wildman–Crippen MR) is 107 cm³/mol. The van der Waals surface area contributed by atoms with E-state index in [-0.39, 0.29) is 11.3 Å². The Kier molecular flexibility index (Phi) is 5.30. The number of carbonyl (C=O) groups excluding carboxylic acids is 1. The molecule has 0 bridgehead atoms. The Morgan fingerprint density at radius 2 is 2.15 bits per heavy atom. The number of piperidine rings is 1. The lowest BCUT2D eigenvalue weighted by molar-refractivity contribution is 0.0766. The number of aromatic nitrogens is 2. The summed E-state index contributed by atoms with van der Waals surface area (Å²) in [5.41, 5.74) is 2.16. The minimum Gasteiger partial charge on any atom is -0.337 e. The molecule has 2 fully saturated rings. The van der Waals surface area contributed by atoms with Gasteiger partial charge in [-0.25, -0.2) is 0 Å². The molecule has 1 aromatic heterocycles. The molecule has 2 aliphatic heterocycles. The van der Waals surface area contributed by atoms with Crippen molar-refractivity contribution < 1.29 is 4.79 Å². The normalized spacial score (nSPS) is 25.7. The fraction of sp³-hybridized carbons (Fsp3) is 0.545. The van der Waals surface area contributed by atoms with Gasteiger partial charge in [-0.1, -0.05) is 37.3 Å². The van der Waals surface area contributed by atoms with Crippen molar-refractivity contribution in [3.8, 4) is 0 Å². The molecule has 2 aliphatic rings. The van der Waals surface area contributed by atoms with Crippen molar-refractivity contribution >= 4 is 5.91 Å². The highest BCUT2D eigenvalue weighted by Crippen LogP contribution is 2.35. The van der Waals surface area contributed by atoms with E-state index in [1.807, 2.05) is 21.8 Å². The van der Waals surface area contributed by atoms with Crippen LogP contribution in [-0.2, 0) is 6.42 Å². The maximum Gasteiger partial charge on any atom is 0.274 e. The molecule has 0 aliphatic carbocycles. The fourth-order valence-corrected chi connectivity index (χ4v) is 4.37. The maximum atomic E-state index is 12.9. The third-order valence-electron chi connectivity index (χ3n) is 6.18. The Morgan fingerprint density at radius 3 is 2.93 bits per heavy atom. The van der Waals surface area contributed by atoms with Gasteiger partial charge in [-0.15, -0.1) is 0 Å². The number of carbonyl (C=O) groups is 1. The lowest BCUT2D eigenvalue weighted by Gasteiger charge is -2.24. The van der Waals surface area contributed by atoms with Gasteiger partial charge in [0, 0.05) is 25.8 Å². The van der Waals surface area contributed by atoms with Gasteiger partial charge in [0.15, 0.2) is 0 Å². The molecule has 2 unspecified atom stereocenters. The Morgan fingerprint density at radius 1 is 1.30 bits per heavy atom. The molecule has 0 radical (unpaired) electrons. The van der Waals surface area contributed by atoms with Gasteiger partial charge in [0.1, 0.15) is 5.69 Å². The van der Waals surface area contributed by atoms with Gasteiger partial charge >= 0.3 is 0 Å². The van der Waals surface area contributed by atoms with Gasteiger partial charge in [0.2, 0.25) is 0 Å². The van der Waals surface area contributed by atoms with Crippen LogP contribution in [0.2, 0.25) is 0 Å². The van der Waals surface area contributed by atoms with E-state index in [2.05, 4.69) is 47.7 Å². The van der Waals surface area contributed by atoms with Gasteiger partial charge in [-0.3, -0.25) is 9.48 Å². The van der Waals surface area contributed by atoms with Gasteiger partial charge in [-0.2, -0.15) is 5.10 Å². The topological polar surface area (TPSA) is 50.2 Å². The first-order valence-corrected chi connectivity index (χ1v) is 10.2. The second-order valence-electron chi connectivity index (χ2n) is 8.45. The first kappa shape index (κ1) is 18.2. The summed E-state index contributed by atoms with van der Waals surface area (Å²) < 4.78 is 1.98. The summed E-state index contributed by atoms with van der Waals surface area (Å²) >= 11 is 0. The van der Waals surface area contributed by atoms with E-state index in [1.54, 1.807) is 0 Å².